The highest BCUT2D eigenvalue weighted by molar-refractivity contribution is 6.34. The van der Waals surface area contributed by atoms with Gasteiger partial charge in [-0.3, -0.25) is 20.2 Å². The average Bonchev–Trinajstić information content (AvgIpc) is 3.35. The zero-order valence-corrected chi connectivity index (χ0v) is 16.1. The molecule has 0 unspecified atom stereocenters. The molecule has 0 aliphatic carbocycles. The van der Waals surface area contributed by atoms with E-state index in [-0.39, 0.29) is 39.3 Å². The minimum atomic E-state index is -0.786. The summed E-state index contributed by atoms with van der Waals surface area (Å²) >= 11 is 6.06. The van der Waals surface area contributed by atoms with Gasteiger partial charge >= 0.3 is 5.97 Å². The number of hydrogen-bond donors (Lipinski definition) is 0. The maximum atomic E-state index is 12.2. The van der Waals surface area contributed by atoms with E-state index in [0.29, 0.717) is 11.3 Å². The third-order valence-corrected chi connectivity index (χ3v) is 4.59. The largest absolute Gasteiger partial charge is 0.457 e. The molecule has 1 aliphatic heterocycles. The summed E-state index contributed by atoms with van der Waals surface area (Å²) in [6, 6.07) is 12.7. The van der Waals surface area contributed by atoms with Crippen molar-refractivity contribution in [3.63, 3.8) is 0 Å². The molecule has 4 rings (SSSR count). The van der Waals surface area contributed by atoms with E-state index in [1.807, 2.05) is 0 Å². The Bertz CT molecular complexity index is 1310. The van der Waals surface area contributed by atoms with Crippen LogP contribution in [0.1, 0.15) is 11.3 Å². The number of halogens is 1. The third kappa shape index (κ3) is 4.05. The summed E-state index contributed by atoms with van der Waals surface area (Å²) < 4.78 is 10.7. The number of nitro groups is 2. The Morgan fingerprint density at radius 1 is 0.968 bits per heavy atom. The summed E-state index contributed by atoms with van der Waals surface area (Å²) in [5.41, 5.74) is 0.168. The predicted octanol–water partition coefficient (Wildman–Crippen LogP) is 4.76. The number of carbonyl (C=O) groups excluding carboxylic acids is 1. The van der Waals surface area contributed by atoms with Crippen LogP contribution in [0.5, 0.6) is 0 Å². The van der Waals surface area contributed by atoms with Crippen molar-refractivity contribution in [3.8, 4) is 11.3 Å². The fourth-order valence-electron chi connectivity index (χ4n) is 2.81. The zero-order valence-electron chi connectivity index (χ0n) is 15.4. The van der Waals surface area contributed by atoms with Crippen molar-refractivity contribution < 1.29 is 23.8 Å². The van der Waals surface area contributed by atoms with Gasteiger partial charge in [-0.15, -0.1) is 0 Å². The lowest BCUT2D eigenvalue weighted by molar-refractivity contribution is -0.385. The molecule has 0 fully saturated rings. The summed E-state index contributed by atoms with van der Waals surface area (Å²) in [4.78, 5) is 37.1. The quantitative estimate of drug-likeness (QED) is 0.241. The van der Waals surface area contributed by atoms with Crippen molar-refractivity contribution in [1.82, 2.24) is 0 Å². The van der Waals surface area contributed by atoms with Crippen molar-refractivity contribution >= 4 is 40.9 Å². The molecule has 154 valence electrons. The molecule has 0 saturated carbocycles. The Hall–Kier alpha value is -4.31. The van der Waals surface area contributed by atoms with Gasteiger partial charge < -0.3 is 9.15 Å². The molecule has 1 aliphatic rings. The van der Waals surface area contributed by atoms with Gasteiger partial charge in [0.2, 0.25) is 5.90 Å². The van der Waals surface area contributed by atoms with Gasteiger partial charge in [0.15, 0.2) is 5.70 Å². The van der Waals surface area contributed by atoms with E-state index >= 15 is 0 Å². The predicted molar refractivity (Wildman–Crippen MR) is 110 cm³/mol. The van der Waals surface area contributed by atoms with Crippen LogP contribution in [-0.2, 0) is 9.53 Å². The number of nitrogens with zero attached hydrogens (tertiary/aromatic N) is 3. The SMILES string of the molecule is O=C1OC(c2cc([N+](=O)[O-])ccc2Cl)=N/C1=C\c1ccc(-c2cccc([N+](=O)[O-])c2)o1. The third-order valence-electron chi connectivity index (χ3n) is 4.26. The van der Waals surface area contributed by atoms with Crippen molar-refractivity contribution in [2.75, 3.05) is 0 Å². The molecule has 0 saturated heterocycles. The van der Waals surface area contributed by atoms with Crippen molar-refractivity contribution in [1.29, 1.82) is 0 Å². The van der Waals surface area contributed by atoms with Gasteiger partial charge in [-0.05, 0) is 18.2 Å². The first-order valence-corrected chi connectivity index (χ1v) is 9.01. The number of furan rings is 1. The molecular weight excluding hydrogens is 430 g/mol. The number of esters is 1. The Morgan fingerprint density at radius 3 is 2.45 bits per heavy atom. The first kappa shape index (κ1) is 20.0. The lowest BCUT2D eigenvalue weighted by Gasteiger charge is -2.02. The van der Waals surface area contributed by atoms with E-state index in [0.717, 1.165) is 6.07 Å². The summed E-state index contributed by atoms with van der Waals surface area (Å²) in [6.07, 6.45) is 1.32. The van der Waals surface area contributed by atoms with E-state index in [1.54, 1.807) is 18.2 Å². The van der Waals surface area contributed by atoms with Crippen molar-refractivity contribution in [3.05, 3.63) is 96.9 Å². The lowest BCUT2D eigenvalue weighted by Crippen LogP contribution is -2.06. The van der Waals surface area contributed by atoms with Crippen LogP contribution in [0.15, 0.2) is 69.7 Å². The fourth-order valence-corrected chi connectivity index (χ4v) is 3.01. The summed E-state index contributed by atoms with van der Waals surface area (Å²) in [5, 5.41) is 22.0. The van der Waals surface area contributed by atoms with Crippen LogP contribution in [0.25, 0.3) is 17.4 Å². The van der Waals surface area contributed by atoms with Gasteiger partial charge in [0.05, 0.1) is 20.4 Å². The molecule has 10 nitrogen and oxygen atoms in total. The highest BCUT2D eigenvalue weighted by Gasteiger charge is 2.27. The second kappa shape index (κ2) is 7.84. The molecule has 31 heavy (non-hydrogen) atoms. The van der Waals surface area contributed by atoms with Gasteiger partial charge in [-0.25, -0.2) is 9.79 Å². The number of nitro benzene ring substituents is 2. The van der Waals surface area contributed by atoms with Crippen molar-refractivity contribution in [2.24, 2.45) is 4.99 Å². The monoisotopic (exact) mass is 439 g/mol. The maximum Gasteiger partial charge on any atom is 0.363 e. The molecule has 1 aromatic heterocycles. The fraction of sp³-hybridized carbons (Fsp3) is 0. The number of benzene rings is 2. The molecule has 0 bridgehead atoms. The second-order valence-corrected chi connectivity index (χ2v) is 6.67. The molecule has 0 amide bonds. The normalized spacial score (nSPS) is 14.4. The molecule has 0 atom stereocenters. The number of non-ortho nitro benzene ring substituents is 2. The molecule has 11 heteroatoms. The Morgan fingerprint density at radius 2 is 1.71 bits per heavy atom. The van der Waals surface area contributed by atoms with Crippen LogP contribution < -0.4 is 0 Å². The smallest absolute Gasteiger partial charge is 0.363 e. The number of aliphatic imine (C=N–C) groups is 1. The van der Waals surface area contributed by atoms with E-state index in [9.17, 15) is 25.0 Å². The Balaban J connectivity index is 1.65. The van der Waals surface area contributed by atoms with Crippen molar-refractivity contribution in [2.45, 2.75) is 0 Å². The first-order valence-electron chi connectivity index (χ1n) is 8.63. The number of cyclic esters (lactones) is 1. The van der Waals surface area contributed by atoms with Gasteiger partial charge in [-0.2, -0.15) is 0 Å². The van der Waals surface area contributed by atoms with Crippen LogP contribution in [0, 0.1) is 20.2 Å². The minimum absolute atomic E-state index is 0.0868. The van der Waals surface area contributed by atoms with E-state index in [1.165, 1.54) is 36.4 Å². The van der Waals surface area contributed by atoms with Crippen LogP contribution >= 0.6 is 11.6 Å². The standard InChI is InChI=1S/C20H10ClN3O7/c21-16-6-4-13(24(28)29)9-15(16)19-22-17(20(25)31-19)10-14-5-7-18(30-14)11-2-1-3-12(8-11)23(26)27/h1-10H/b17-10-. The van der Waals surface area contributed by atoms with Gasteiger partial charge in [0.1, 0.15) is 11.5 Å². The molecule has 3 aromatic rings. The van der Waals surface area contributed by atoms with Crippen LogP contribution in [0.2, 0.25) is 5.02 Å². The first-order chi connectivity index (χ1) is 14.8. The summed E-state index contributed by atoms with van der Waals surface area (Å²) in [7, 11) is 0. The van der Waals surface area contributed by atoms with Gasteiger partial charge in [0, 0.05) is 35.9 Å². The maximum absolute atomic E-state index is 12.2. The second-order valence-electron chi connectivity index (χ2n) is 6.27. The molecule has 2 aromatic carbocycles. The van der Waals surface area contributed by atoms with Crippen LogP contribution in [-0.4, -0.2) is 21.7 Å². The van der Waals surface area contributed by atoms with E-state index < -0.39 is 15.8 Å². The Labute approximate surface area is 178 Å². The number of rotatable bonds is 5. The average molecular weight is 440 g/mol. The van der Waals surface area contributed by atoms with Gasteiger partial charge in [-0.1, -0.05) is 23.7 Å². The lowest BCUT2D eigenvalue weighted by atomic mass is 10.1. The van der Waals surface area contributed by atoms with Crippen LogP contribution in [0.3, 0.4) is 0 Å². The van der Waals surface area contributed by atoms with E-state index in [2.05, 4.69) is 4.99 Å². The topological polar surface area (TPSA) is 138 Å². The number of ether oxygens (including phenoxy) is 1. The molecular formula is C20H10ClN3O7. The zero-order chi connectivity index (χ0) is 22.1. The highest BCUT2D eigenvalue weighted by Crippen LogP contribution is 2.29. The van der Waals surface area contributed by atoms with Crippen LogP contribution in [0.4, 0.5) is 11.4 Å². The molecule has 0 N–H and O–H groups in total. The van der Waals surface area contributed by atoms with E-state index in [4.69, 9.17) is 20.8 Å². The minimum Gasteiger partial charge on any atom is -0.457 e. The Kier molecular flexibility index (Phi) is 5.05. The summed E-state index contributed by atoms with van der Waals surface area (Å²) in [6.45, 7) is 0. The highest BCUT2D eigenvalue weighted by atomic mass is 35.5. The number of hydrogen-bond acceptors (Lipinski definition) is 8. The molecule has 2 heterocycles. The van der Waals surface area contributed by atoms with Gasteiger partial charge in [0.25, 0.3) is 11.4 Å². The molecule has 0 radical (unpaired) electrons. The number of carbonyl (C=O) groups is 1. The molecule has 0 spiro atoms. The summed E-state index contributed by atoms with van der Waals surface area (Å²) in [5.74, 6) is -0.349.